The molecule has 5 nitrogen and oxygen atoms in total. The van der Waals surface area contributed by atoms with E-state index in [0.717, 1.165) is 38.8 Å². The first-order chi connectivity index (χ1) is 8.70. The first-order valence-corrected chi connectivity index (χ1v) is 6.79. The highest BCUT2D eigenvalue weighted by molar-refractivity contribution is 5.76. The van der Waals surface area contributed by atoms with Gasteiger partial charge in [0.05, 0.1) is 6.04 Å². The molecule has 100 valence electrons. The number of carbonyl (C=O) groups excluding carboxylic acids is 1. The molecule has 1 fully saturated rings. The predicted octanol–water partition coefficient (Wildman–Crippen LogP) is 1.82. The molecule has 0 spiro atoms. The maximum atomic E-state index is 11.9. The summed E-state index contributed by atoms with van der Waals surface area (Å²) in [5, 5.41) is 4.24. The fourth-order valence-corrected chi connectivity index (χ4v) is 2.42. The van der Waals surface area contributed by atoms with E-state index in [4.69, 9.17) is 5.73 Å². The van der Waals surface area contributed by atoms with Gasteiger partial charge in [-0.3, -0.25) is 9.48 Å². The topological polar surface area (TPSA) is 64.2 Å². The van der Waals surface area contributed by atoms with Crippen molar-refractivity contribution < 1.29 is 4.79 Å². The highest BCUT2D eigenvalue weighted by Gasteiger charge is 2.23. The Hall–Kier alpha value is -1.52. The number of amides is 1. The zero-order valence-electron chi connectivity index (χ0n) is 11.0. The van der Waals surface area contributed by atoms with Crippen molar-refractivity contribution in [1.82, 2.24) is 14.7 Å². The third-order valence-electron chi connectivity index (χ3n) is 3.56. The van der Waals surface area contributed by atoms with Crippen LogP contribution in [-0.4, -0.2) is 33.7 Å². The van der Waals surface area contributed by atoms with Gasteiger partial charge in [-0.1, -0.05) is 13.3 Å². The summed E-state index contributed by atoms with van der Waals surface area (Å²) in [6, 6.07) is 2.20. The smallest absolute Gasteiger partial charge is 0.222 e. The molecule has 1 amide bonds. The number of likely N-dealkylation sites (tertiary alicyclic amines) is 1. The highest BCUT2D eigenvalue weighted by atomic mass is 16.2. The van der Waals surface area contributed by atoms with E-state index < -0.39 is 0 Å². The molecule has 0 bridgehead atoms. The van der Waals surface area contributed by atoms with Crippen LogP contribution in [0.3, 0.4) is 0 Å². The zero-order chi connectivity index (χ0) is 13.0. The lowest BCUT2D eigenvalue weighted by Crippen LogP contribution is -2.39. The monoisotopic (exact) mass is 250 g/mol. The second-order valence-corrected chi connectivity index (χ2v) is 4.94. The van der Waals surface area contributed by atoms with Gasteiger partial charge in [0.25, 0.3) is 0 Å². The maximum Gasteiger partial charge on any atom is 0.222 e. The molecule has 0 radical (unpaired) electrons. The molecule has 1 saturated heterocycles. The van der Waals surface area contributed by atoms with Gasteiger partial charge in [-0.05, 0) is 25.3 Å². The van der Waals surface area contributed by atoms with E-state index >= 15 is 0 Å². The molecule has 2 heterocycles. The summed E-state index contributed by atoms with van der Waals surface area (Å²) >= 11 is 0. The van der Waals surface area contributed by atoms with Gasteiger partial charge in [-0.15, -0.1) is 0 Å². The lowest BCUT2D eigenvalue weighted by molar-refractivity contribution is -0.132. The van der Waals surface area contributed by atoms with E-state index in [0.29, 0.717) is 24.2 Å². The van der Waals surface area contributed by atoms with Crippen molar-refractivity contribution in [2.24, 2.45) is 0 Å². The number of carbonyl (C=O) groups is 1. The van der Waals surface area contributed by atoms with Crippen LogP contribution in [0.5, 0.6) is 0 Å². The largest absolute Gasteiger partial charge is 0.382 e. The van der Waals surface area contributed by atoms with Gasteiger partial charge >= 0.3 is 0 Å². The number of hydrogen-bond donors (Lipinski definition) is 1. The molecule has 1 aliphatic rings. The second-order valence-electron chi connectivity index (χ2n) is 4.94. The zero-order valence-corrected chi connectivity index (χ0v) is 11.0. The van der Waals surface area contributed by atoms with Gasteiger partial charge in [0.15, 0.2) is 0 Å². The average Bonchev–Trinajstić information content (AvgIpc) is 2.83. The second kappa shape index (κ2) is 5.89. The van der Waals surface area contributed by atoms with E-state index in [1.807, 2.05) is 21.8 Å². The molecule has 1 aromatic heterocycles. The van der Waals surface area contributed by atoms with Crippen molar-refractivity contribution in [3.8, 4) is 0 Å². The van der Waals surface area contributed by atoms with Gasteiger partial charge in [-0.25, -0.2) is 0 Å². The van der Waals surface area contributed by atoms with Crippen molar-refractivity contribution in [1.29, 1.82) is 0 Å². The van der Waals surface area contributed by atoms with Crippen molar-refractivity contribution in [2.75, 3.05) is 18.8 Å². The first kappa shape index (κ1) is 12.9. The molecule has 1 aromatic rings. The Morgan fingerprint density at radius 2 is 2.22 bits per heavy atom. The highest BCUT2D eigenvalue weighted by Crippen LogP contribution is 2.22. The van der Waals surface area contributed by atoms with Crippen molar-refractivity contribution in [3.63, 3.8) is 0 Å². The van der Waals surface area contributed by atoms with E-state index in [2.05, 4.69) is 12.0 Å². The quantitative estimate of drug-likeness (QED) is 0.886. The van der Waals surface area contributed by atoms with Crippen LogP contribution in [0.4, 0.5) is 5.82 Å². The number of piperidine rings is 1. The van der Waals surface area contributed by atoms with Crippen LogP contribution in [0.1, 0.15) is 45.1 Å². The predicted molar refractivity (Wildman–Crippen MR) is 71.0 cm³/mol. The summed E-state index contributed by atoms with van der Waals surface area (Å²) in [6.45, 7) is 3.79. The van der Waals surface area contributed by atoms with Crippen molar-refractivity contribution >= 4 is 11.7 Å². The minimum absolute atomic E-state index is 0.301. The Kier molecular flexibility index (Phi) is 4.23. The Balaban J connectivity index is 1.82. The van der Waals surface area contributed by atoms with Crippen molar-refractivity contribution in [3.05, 3.63) is 12.3 Å². The molecule has 0 unspecified atom stereocenters. The molecule has 18 heavy (non-hydrogen) atoms. The molecular formula is C13H22N4O. The molecule has 2 N–H and O–H groups in total. The number of aromatic nitrogens is 2. The fourth-order valence-electron chi connectivity index (χ4n) is 2.42. The van der Waals surface area contributed by atoms with Gasteiger partial charge in [0, 0.05) is 25.7 Å². The number of nitrogens with two attached hydrogens (primary N) is 1. The molecular weight excluding hydrogens is 228 g/mol. The summed E-state index contributed by atoms with van der Waals surface area (Å²) in [5.41, 5.74) is 5.62. The Morgan fingerprint density at radius 1 is 1.50 bits per heavy atom. The van der Waals surface area contributed by atoms with Crippen molar-refractivity contribution in [2.45, 2.75) is 45.1 Å². The molecule has 1 aliphatic heterocycles. The summed E-state index contributed by atoms with van der Waals surface area (Å²) < 4.78 is 1.93. The maximum absolute atomic E-state index is 11.9. The number of unbranched alkanes of at least 4 members (excludes halogenated alkanes) is 1. The lowest BCUT2D eigenvalue weighted by Gasteiger charge is -2.32. The summed E-state index contributed by atoms with van der Waals surface area (Å²) in [6.07, 6.45) is 6.63. The van der Waals surface area contributed by atoms with Gasteiger partial charge in [-0.2, -0.15) is 5.10 Å². The van der Waals surface area contributed by atoms with E-state index in [1.165, 1.54) is 0 Å². The third-order valence-corrected chi connectivity index (χ3v) is 3.56. The van der Waals surface area contributed by atoms with Crippen LogP contribution in [0, 0.1) is 0 Å². The number of nitrogen functional groups attached to an aromatic ring is 1. The molecule has 0 aliphatic carbocycles. The Labute approximate surface area is 108 Å². The van der Waals surface area contributed by atoms with Gasteiger partial charge in [0.1, 0.15) is 5.82 Å². The third kappa shape index (κ3) is 3.03. The fraction of sp³-hybridized carbons (Fsp3) is 0.692. The Bertz CT molecular complexity index is 393. The first-order valence-electron chi connectivity index (χ1n) is 6.79. The van der Waals surface area contributed by atoms with Crippen LogP contribution < -0.4 is 5.73 Å². The SMILES string of the molecule is CCCCC(=O)N1CCC(n2ccc(N)n2)CC1. The number of nitrogens with zero attached hydrogens (tertiary/aromatic N) is 3. The minimum atomic E-state index is 0.301. The average molecular weight is 250 g/mol. The van der Waals surface area contributed by atoms with Crippen LogP contribution in [0.15, 0.2) is 12.3 Å². The molecule has 2 rings (SSSR count). The number of anilines is 1. The minimum Gasteiger partial charge on any atom is -0.382 e. The Morgan fingerprint density at radius 3 is 2.78 bits per heavy atom. The number of rotatable bonds is 4. The van der Waals surface area contributed by atoms with Crippen LogP contribution in [0.2, 0.25) is 0 Å². The van der Waals surface area contributed by atoms with Crippen LogP contribution in [0.25, 0.3) is 0 Å². The summed E-state index contributed by atoms with van der Waals surface area (Å²) in [4.78, 5) is 13.9. The van der Waals surface area contributed by atoms with Gasteiger partial charge < -0.3 is 10.6 Å². The van der Waals surface area contributed by atoms with Crippen LogP contribution in [-0.2, 0) is 4.79 Å². The van der Waals surface area contributed by atoms with Gasteiger partial charge in [0.2, 0.25) is 5.91 Å². The van der Waals surface area contributed by atoms with E-state index in [9.17, 15) is 4.79 Å². The lowest BCUT2D eigenvalue weighted by atomic mass is 10.0. The summed E-state index contributed by atoms with van der Waals surface area (Å²) in [7, 11) is 0. The van der Waals surface area contributed by atoms with Crippen LogP contribution >= 0.6 is 0 Å². The molecule has 0 atom stereocenters. The van der Waals surface area contributed by atoms with E-state index in [1.54, 1.807) is 0 Å². The van der Waals surface area contributed by atoms with E-state index in [-0.39, 0.29) is 0 Å². The molecule has 0 saturated carbocycles. The molecule has 0 aromatic carbocycles. The standard InChI is InChI=1S/C13H22N4O/c1-2-3-4-13(18)16-8-5-11(6-9-16)17-10-7-12(14)15-17/h7,10-11H,2-6,8-9H2,1H3,(H2,14,15). The number of hydrogen-bond acceptors (Lipinski definition) is 3. The molecule has 5 heteroatoms. The normalized spacial score (nSPS) is 17.1. The summed E-state index contributed by atoms with van der Waals surface area (Å²) in [5.74, 6) is 0.867.